The van der Waals surface area contributed by atoms with Gasteiger partial charge in [-0.2, -0.15) is 0 Å². The highest BCUT2D eigenvalue weighted by atomic mass is 35.5. The summed E-state index contributed by atoms with van der Waals surface area (Å²) in [4.78, 5) is 0. The van der Waals surface area contributed by atoms with Gasteiger partial charge in [-0.05, 0) is 25.1 Å². The molecule has 1 aromatic carbocycles. The first-order valence-electron chi connectivity index (χ1n) is 5.52. The van der Waals surface area contributed by atoms with Crippen molar-refractivity contribution in [3.8, 4) is 0 Å². The van der Waals surface area contributed by atoms with E-state index in [4.69, 9.17) is 11.6 Å². The molecule has 4 heteroatoms. The SMILES string of the molecule is CCNCC(C)NCc1cccc(F)c1Cl. The Labute approximate surface area is 101 Å². The van der Waals surface area contributed by atoms with Crippen molar-refractivity contribution in [3.63, 3.8) is 0 Å². The molecule has 0 saturated heterocycles. The maximum atomic E-state index is 13.1. The van der Waals surface area contributed by atoms with Crippen molar-refractivity contribution in [2.24, 2.45) is 0 Å². The van der Waals surface area contributed by atoms with Crippen LogP contribution in [0, 0.1) is 5.82 Å². The number of hydrogen-bond acceptors (Lipinski definition) is 2. The Balaban J connectivity index is 2.45. The highest BCUT2D eigenvalue weighted by molar-refractivity contribution is 6.31. The van der Waals surface area contributed by atoms with Crippen molar-refractivity contribution in [1.82, 2.24) is 10.6 Å². The van der Waals surface area contributed by atoms with Gasteiger partial charge in [-0.25, -0.2) is 4.39 Å². The molecule has 90 valence electrons. The van der Waals surface area contributed by atoms with E-state index in [9.17, 15) is 4.39 Å². The molecule has 0 amide bonds. The molecule has 0 aromatic heterocycles. The second-order valence-corrected chi connectivity index (χ2v) is 4.18. The molecular formula is C12H18ClFN2. The van der Waals surface area contributed by atoms with E-state index < -0.39 is 0 Å². The largest absolute Gasteiger partial charge is 0.315 e. The zero-order chi connectivity index (χ0) is 12.0. The van der Waals surface area contributed by atoms with Gasteiger partial charge in [0, 0.05) is 19.1 Å². The number of nitrogens with one attached hydrogen (secondary N) is 2. The van der Waals surface area contributed by atoms with Gasteiger partial charge >= 0.3 is 0 Å². The summed E-state index contributed by atoms with van der Waals surface area (Å²) in [6.45, 7) is 6.57. The second-order valence-electron chi connectivity index (χ2n) is 3.80. The van der Waals surface area contributed by atoms with Crippen LogP contribution in [-0.4, -0.2) is 19.1 Å². The first-order chi connectivity index (χ1) is 7.65. The molecule has 1 atom stereocenters. The van der Waals surface area contributed by atoms with E-state index in [1.54, 1.807) is 6.07 Å². The lowest BCUT2D eigenvalue weighted by Gasteiger charge is -2.14. The molecule has 0 aliphatic rings. The van der Waals surface area contributed by atoms with Gasteiger partial charge in [0.1, 0.15) is 5.82 Å². The number of likely N-dealkylation sites (N-methyl/N-ethyl adjacent to an activating group) is 1. The van der Waals surface area contributed by atoms with Crippen LogP contribution in [0.2, 0.25) is 5.02 Å². The Morgan fingerprint density at radius 3 is 2.88 bits per heavy atom. The van der Waals surface area contributed by atoms with Crippen LogP contribution in [0.5, 0.6) is 0 Å². The Kier molecular flexibility index (Phi) is 5.74. The van der Waals surface area contributed by atoms with E-state index in [1.165, 1.54) is 6.07 Å². The van der Waals surface area contributed by atoms with E-state index in [1.807, 2.05) is 6.07 Å². The molecule has 2 nitrogen and oxygen atoms in total. The molecule has 0 aliphatic heterocycles. The van der Waals surface area contributed by atoms with E-state index >= 15 is 0 Å². The molecule has 0 bridgehead atoms. The molecule has 0 heterocycles. The van der Waals surface area contributed by atoms with Crippen LogP contribution in [0.3, 0.4) is 0 Å². The quantitative estimate of drug-likeness (QED) is 0.804. The van der Waals surface area contributed by atoms with Crippen LogP contribution < -0.4 is 10.6 Å². The summed E-state index contributed by atoms with van der Waals surface area (Å²) in [5.41, 5.74) is 0.796. The van der Waals surface area contributed by atoms with Crippen molar-refractivity contribution < 1.29 is 4.39 Å². The Morgan fingerprint density at radius 2 is 2.19 bits per heavy atom. The molecule has 16 heavy (non-hydrogen) atoms. The molecule has 1 rings (SSSR count). The van der Waals surface area contributed by atoms with Crippen molar-refractivity contribution in [3.05, 3.63) is 34.6 Å². The van der Waals surface area contributed by atoms with Gasteiger partial charge in [0.25, 0.3) is 0 Å². The second kappa shape index (κ2) is 6.84. The molecular weight excluding hydrogens is 227 g/mol. The van der Waals surface area contributed by atoms with Crippen LogP contribution in [0.15, 0.2) is 18.2 Å². The third-order valence-corrected chi connectivity index (χ3v) is 2.80. The molecule has 2 N–H and O–H groups in total. The van der Waals surface area contributed by atoms with Crippen LogP contribution in [0.25, 0.3) is 0 Å². The van der Waals surface area contributed by atoms with Gasteiger partial charge in [-0.15, -0.1) is 0 Å². The highest BCUT2D eigenvalue weighted by Gasteiger charge is 2.06. The number of halogens is 2. The minimum absolute atomic E-state index is 0.214. The minimum Gasteiger partial charge on any atom is -0.315 e. The third-order valence-electron chi connectivity index (χ3n) is 2.37. The van der Waals surface area contributed by atoms with Crippen LogP contribution in [0.4, 0.5) is 4.39 Å². The Hall–Kier alpha value is -0.640. The van der Waals surface area contributed by atoms with Crippen molar-refractivity contribution in [2.45, 2.75) is 26.4 Å². The lowest BCUT2D eigenvalue weighted by atomic mass is 10.2. The summed E-state index contributed by atoms with van der Waals surface area (Å²) in [6, 6.07) is 5.21. The molecule has 0 spiro atoms. The van der Waals surface area contributed by atoms with Gasteiger partial charge in [-0.1, -0.05) is 30.7 Å². The average molecular weight is 245 g/mol. The summed E-state index contributed by atoms with van der Waals surface area (Å²) in [6.07, 6.45) is 0. The van der Waals surface area contributed by atoms with E-state index in [0.29, 0.717) is 12.6 Å². The summed E-state index contributed by atoms with van der Waals surface area (Å²) < 4.78 is 13.1. The van der Waals surface area contributed by atoms with Crippen molar-refractivity contribution >= 4 is 11.6 Å². The number of hydrogen-bond donors (Lipinski definition) is 2. The first kappa shape index (κ1) is 13.4. The summed E-state index contributed by atoms with van der Waals surface area (Å²) in [5.74, 6) is -0.361. The van der Waals surface area contributed by atoms with Gasteiger partial charge in [0.05, 0.1) is 5.02 Å². The predicted molar refractivity (Wildman–Crippen MR) is 66.3 cm³/mol. The Bertz CT molecular complexity index is 331. The lowest BCUT2D eigenvalue weighted by molar-refractivity contribution is 0.507. The maximum absolute atomic E-state index is 13.1. The van der Waals surface area contributed by atoms with Crippen molar-refractivity contribution in [1.29, 1.82) is 0 Å². The molecule has 0 saturated carbocycles. The van der Waals surface area contributed by atoms with Gasteiger partial charge in [0.15, 0.2) is 0 Å². The molecule has 0 fully saturated rings. The number of benzene rings is 1. The topological polar surface area (TPSA) is 24.1 Å². The predicted octanol–water partition coefficient (Wildman–Crippen LogP) is 2.57. The normalized spacial score (nSPS) is 12.8. The summed E-state index contributed by atoms with van der Waals surface area (Å²) in [5, 5.41) is 6.74. The van der Waals surface area contributed by atoms with Crippen LogP contribution in [-0.2, 0) is 6.54 Å². The highest BCUT2D eigenvalue weighted by Crippen LogP contribution is 2.19. The number of rotatable bonds is 6. The molecule has 0 radical (unpaired) electrons. The fourth-order valence-corrected chi connectivity index (χ4v) is 1.59. The average Bonchev–Trinajstić information content (AvgIpc) is 2.28. The third kappa shape index (κ3) is 4.08. The summed E-state index contributed by atoms with van der Waals surface area (Å²) in [7, 11) is 0. The smallest absolute Gasteiger partial charge is 0.142 e. The van der Waals surface area contributed by atoms with E-state index in [-0.39, 0.29) is 10.8 Å². The fourth-order valence-electron chi connectivity index (χ4n) is 1.40. The first-order valence-corrected chi connectivity index (χ1v) is 5.90. The fraction of sp³-hybridized carbons (Fsp3) is 0.500. The lowest BCUT2D eigenvalue weighted by Crippen LogP contribution is -2.35. The molecule has 1 aromatic rings. The minimum atomic E-state index is -0.361. The molecule has 1 unspecified atom stereocenters. The van der Waals surface area contributed by atoms with E-state index in [2.05, 4.69) is 24.5 Å². The van der Waals surface area contributed by atoms with Gasteiger partial charge in [0.2, 0.25) is 0 Å². The summed E-state index contributed by atoms with van der Waals surface area (Å²) >= 11 is 5.85. The van der Waals surface area contributed by atoms with Crippen LogP contribution in [0.1, 0.15) is 19.4 Å². The van der Waals surface area contributed by atoms with Gasteiger partial charge in [-0.3, -0.25) is 0 Å². The zero-order valence-corrected chi connectivity index (χ0v) is 10.4. The van der Waals surface area contributed by atoms with Crippen molar-refractivity contribution in [2.75, 3.05) is 13.1 Å². The Morgan fingerprint density at radius 1 is 1.44 bits per heavy atom. The standard InChI is InChI=1S/C12H18ClFN2/c1-3-15-7-9(2)16-8-10-5-4-6-11(14)12(10)13/h4-6,9,15-16H,3,7-8H2,1-2H3. The van der Waals surface area contributed by atoms with Gasteiger partial charge < -0.3 is 10.6 Å². The van der Waals surface area contributed by atoms with Crippen LogP contribution >= 0.6 is 11.6 Å². The monoisotopic (exact) mass is 244 g/mol. The molecule has 0 aliphatic carbocycles. The maximum Gasteiger partial charge on any atom is 0.142 e. The zero-order valence-electron chi connectivity index (χ0n) is 9.69. The van der Waals surface area contributed by atoms with E-state index in [0.717, 1.165) is 18.7 Å².